The van der Waals surface area contributed by atoms with Crippen molar-refractivity contribution in [3.63, 3.8) is 0 Å². The Bertz CT molecular complexity index is 1400. The second-order valence-electron chi connectivity index (χ2n) is 6.17. The van der Waals surface area contributed by atoms with Crippen LogP contribution in [0.3, 0.4) is 0 Å². The van der Waals surface area contributed by atoms with E-state index in [0.717, 1.165) is 0 Å². The second-order valence-corrected chi connectivity index (χ2v) is 8.31. The zero-order chi connectivity index (χ0) is 15.7. The Balaban J connectivity index is 1.90. The molecule has 0 N–H and O–H groups in total. The quantitative estimate of drug-likeness (QED) is 0.267. The minimum atomic E-state index is 1.37. The van der Waals surface area contributed by atoms with Crippen molar-refractivity contribution in [1.82, 2.24) is 0 Å². The molecule has 4 aromatic carbocycles. The van der Waals surface area contributed by atoms with Gasteiger partial charge in [0.1, 0.15) is 0 Å². The van der Waals surface area contributed by atoms with Crippen LogP contribution in [0.5, 0.6) is 0 Å². The first-order valence-electron chi connectivity index (χ1n) is 8.04. The lowest BCUT2D eigenvalue weighted by molar-refractivity contribution is 1.86. The lowest BCUT2D eigenvalue weighted by Gasteiger charge is -2.02. The molecule has 6 aromatic rings. The van der Waals surface area contributed by atoms with Gasteiger partial charge in [-0.3, -0.25) is 0 Å². The van der Waals surface area contributed by atoms with Crippen LogP contribution in [-0.2, 0) is 0 Å². The Morgan fingerprint density at radius 1 is 0.417 bits per heavy atom. The molecule has 0 aliphatic rings. The molecule has 0 atom stereocenters. The predicted octanol–water partition coefficient (Wildman–Crippen LogP) is 7.58. The highest BCUT2D eigenvalue weighted by Gasteiger charge is 2.12. The van der Waals surface area contributed by atoms with Crippen molar-refractivity contribution in [3.05, 3.63) is 72.8 Å². The van der Waals surface area contributed by atoms with Crippen LogP contribution < -0.4 is 0 Å². The summed E-state index contributed by atoms with van der Waals surface area (Å²) < 4.78 is 5.53. The highest BCUT2D eigenvalue weighted by molar-refractivity contribution is 7.27. The zero-order valence-corrected chi connectivity index (χ0v) is 14.4. The molecule has 0 saturated carbocycles. The van der Waals surface area contributed by atoms with Gasteiger partial charge < -0.3 is 0 Å². The van der Waals surface area contributed by atoms with Gasteiger partial charge in [-0.2, -0.15) is 0 Å². The van der Waals surface area contributed by atoms with E-state index in [9.17, 15) is 0 Å². The van der Waals surface area contributed by atoms with E-state index < -0.39 is 0 Å². The molecule has 0 nitrogen and oxygen atoms in total. The molecule has 0 radical (unpaired) electrons. The molecule has 0 aliphatic carbocycles. The molecule has 0 spiro atoms. The van der Waals surface area contributed by atoms with Gasteiger partial charge in [0.2, 0.25) is 0 Å². The van der Waals surface area contributed by atoms with Crippen LogP contribution in [0.15, 0.2) is 72.8 Å². The maximum absolute atomic E-state index is 2.32. The van der Waals surface area contributed by atoms with Crippen LogP contribution in [-0.4, -0.2) is 0 Å². The Morgan fingerprint density at radius 3 is 1.92 bits per heavy atom. The smallest absolute Gasteiger partial charge is 0.0434 e. The van der Waals surface area contributed by atoms with Crippen molar-refractivity contribution in [2.24, 2.45) is 0 Å². The molecule has 2 aromatic heterocycles. The molecule has 2 heteroatoms. The average molecular weight is 340 g/mol. The van der Waals surface area contributed by atoms with E-state index >= 15 is 0 Å². The van der Waals surface area contributed by atoms with Gasteiger partial charge in [-0.15, -0.1) is 22.7 Å². The van der Waals surface area contributed by atoms with E-state index in [2.05, 4.69) is 72.8 Å². The van der Waals surface area contributed by atoms with Gasteiger partial charge in [-0.1, -0.05) is 54.6 Å². The Morgan fingerprint density at radius 2 is 1.04 bits per heavy atom. The molecular formula is C22H12S2. The summed E-state index contributed by atoms with van der Waals surface area (Å²) in [6, 6.07) is 26.7. The summed E-state index contributed by atoms with van der Waals surface area (Å²) in [5, 5.41) is 8.29. The number of fused-ring (bicyclic) bond motifs is 9. The van der Waals surface area contributed by atoms with E-state index in [-0.39, 0.29) is 0 Å². The van der Waals surface area contributed by atoms with Crippen molar-refractivity contribution in [2.45, 2.75) is 0 Å². The van der Waals surface area contributed by atoms with Crippen LogP contribution in [0.2, 0.25) is 0 Å². The van der Waals surface area contributed by atoms with Gasteiger partial charge >= 0.3 is 0 Å². The van der Waals surface area contributed by atoms with Crippen molar-refractivity contribution >= 4 is 73.8 Å². The largest absolute Gasteiger partial charge is 0.135 e. The van der Waals surface area contributed by atoms with Gasteiger partial charge in [-0.25, -0.2) is 0 Å². The van der Waals surface area contributed by atoms with E-state index in [4.69, 9.17) is 0 Å². The summed E-state index contributed by atoms with van der Waals surface area (Å²) in [5.41, 5.74) is 0. The lowest BCUT2D eigenvalue weighted by Crippen LogP contribution is -1.75. The predicted molar refractivity (Wildman–Crippen MR) is 110 cm³/mol. The molecule has 0 unspecified atom stereocenters. The fourth-order valence-corrected chi connectivity index (χ4v) is 6.16. The number of hydrogen-bond donors (Lipinski definition) is 0. The monoisotopic (exact) mass is 340 g/mol. The third-order valence-corrected chi connectivity index (χ3v) is 7.23. The SMILES string of the molecule is c1ccc2c(c1)sc1c2ccc2c1ccc1sc3ccccc3c12. The number of benzene rings is 4. The summed E-state index contributed by atoms with van der Waals surface area (Å²) in [6.45, 7) is 0. The van der Waals surface area contributed by atoms with Gasteiger partial charge in [0.05, 0.1) is 0 Å². The van der Waals surface area contributed by atoms with Crippen molar-refractivity contribution in [1.29, 1.82) is 0 Å². The average Bonchev–Trinajstić information content (AvgIpc) is 3.19. The second kappa shape index (κ2) is 4.56. The van der Waals surface area contributed by atoms with E-state index in [0.29, 0.717) is 0 Å². The molecule has 24 heavy (non-hydrogen) atoms. The first-order chi connectivity index (χ1) is 11.9. The van der Waals surface area contributed by atoms with Crippen LogP contribution in [0.4, 0.5) is 0 Å². The van der Waals surface area contributed by atoms with Crippen LogP contribution in [0.25, 0.3) is 51.1 Å². The molecule has 0 saturated heterocycles. The Kier molecular flexibility index (Phi) is 2.46. The normalized spacial score (nSPS) is 12.2. The van der Waals surface area contributed by atoms with Gasteiger partial charge in [0.15, 0.2) is 0 Å². The summed E-state index contributed by atoms with van der Waals surface area (Å²) in [7, 11) is 0. The molecular weight excluding hydrogens is 328 g/mol. The number of rotatable bonds is 0. The van der Waals surface area contributed by atoms with Crippen LogP contribution in [0.1, 0.15) is 0 Å². The van der Waals surface area contributed by atoms with Crippen LogP contribution in [0, 0.1) is 0 Å². The molecule has 0 fully saturated rings. The van der Waals surface area contributed by atoms with E-state index in [1.165, 1.54) is 51.1 Å². The first-order valence-corrected chi connectivity index (χ1v) is 9.68. The Labute approximate surface area is 146 Å². The maximum atomic E-state index is 2.32. The highest BCUT2D eigenvalue weighted by atomic mass is 32.1. The topological polar surface area (TPSA) is 0 Å². The van der Waals surface area contributed by atoms with Gasteiger partial charge in [-0.05, 0) is 23.6 Å². The highest BCUT2D eigenvalue weighted by Crippen LogP contribution is 2.43. The zero-order valence-electron chi connectivity index (χ0n) is 12.7. The summed E-state index contributed by atoms with van der Waals surface area (Å²) in [5.74, 6) is 0. The number of hydrogen-bond acceptors (Lipinski definition) is 2. The molecule has 0 bridgehead atoms. The standard InChI is InChI=1S/C22H12S2/c1-3-7-18-13(5-1)15-10-9-14-16(22(15)24-18)11-12-20-21(14)17-6-2-4-8-19(17)23-20/h1-12H. The van der Waals surface area contributed by atoms with Crippen molar-refractivity contribution in [2.75, 3.05) is 0 Å². The first kappa shape index (κ1) is 12.9. The van der Waals surface area contributed by atoms with E-state index in [1.807, 2.05) is 22.7 Å². The maximum Gasteiger partial charge on any atom is 0.0434 e. The Hall–Kier alpha value is -2.42. The lowest BCUT2D eigenvalue weighted by atomic mass is 10.0. The van der Waals surface area contributed by atoms with E-state index in [1.54, 1.807) is 0 Å². The fraction of sp³-hybridized carbons (Fsp3) is 0. The molecule has 112 valence electrons. The summed E-state index contributed by atoms with van der Waals surface area (Å²) >= 11 is 3.80. The van der Waals surface area contributed by atoms with Crippen molar-refractivity contribution < 1.29 is 0 Å². The summed E-state index contributed by atoms with van der Waals surface area (Å²) in [4.78, 5) is 0. The molecule has 6 rings (SSSR count). The molecule has 0 amide bonds. The van der Waals surface area contributed by atoms with Crippen LogP contribution >= 0.6 is 22.7 Å². The minimum absolute atomic E-state index is 1.37. The number of thiophene rings is 2. The third-order valence-electron chi connectivity index (χ3n) is 4.88. The third kappa shape index (κ3) is 1.57. The minimum Gasteiger partial charge on any atom is -0.135 e. The van der Waals surface area contributed by atoms with Gasteiger partial charge in [0, 0.05) is 45.7 Å². The van der Waals surface area contributed by atoms with Crippen molar-refractivity contribution in [3.8, 4) is 0 Å². The summed E-state index contributed by atoms with van der Waals surface area (Å²) in [6.07, 6.45) is 0. The van der Waals surface area contributed by atoms with Gasteiger partial charge in [0.25, 0.3) is 0 Å². The molecule has 2 heterocycles. The fourth-order valence-electron chi connectivity index (χ4n) is 3.81. The molecule has 0 aliphatic heterocycles.